The zero-order valence-corrected chi connectivity index (χ0v) is 10.0. The SMILES string of the molecule is COC(=O)[C@@]1(F)Cc2cc(Br)ccc2C1=O. The molecule has 3 nitrogen and oxygen atoms in total. The Labute approximate surface area is 99.7 Å². The normalized spacial score (nSPS) is 23.1. The molecule has 0 heterocycles. The maximum atomic E-state index is 14.2. The zero-order chi connectivity index (χ0) is 11.9. The maximum absolute atomic E-state index is 14.2. The zero-order valence-electron chi connectivity index (χ0n) is 8.42. The maximum Gasteiger partial charge on any atom is 0.352 e. The summed E-state index contributed by atoms with van der Waals surface area (Å²) < 4.78 is 19.3. The Hall–Kier alpha value is -1.23. The van der Waals surface area contributed by atoms with E-state index in [1.54, 1.807) is 12.1 Å². The predicted molar refractivity (Wildman–Crippen MR) is 58.0 cm³/mol. The van der Waals surface area contributed by atoms with Gasteiger partial charge in [0.05, 0.1) is 7.11 Å². The van der Waals surface area contributed by atoms with E-state index in [1.807, 2.05) is 0 Å². The molecule has 0 fully saturated rings. The summed E-state index contributed by atoms with van der Waals surface area (Å²) in [5.74, 6) is -1.95. The largest absolute Gasteiger partial charge is 0.466 e. The Kier molecular flexibility index (Phi) is 2.58. The Morgan fingerprint density at radius 2 is 2.25 bits per heavy atom. The van der Waals surface area contributed by atoms with E-state index in [1.165, 1.54) is 6.07 Å². The van der Waals surface area contributed by atoms with Gasteiger partial charge in [0.15, 0.2) is 0 Å². The number of ether oxygens (including phenoxy) is 1. The predicted octanol–water partition coefficient (Wildman–Crippen LogP) is 2.07. The van der Waals surface area contributed by atoms with Crippen LogP contribution in [0.5, 0.6) is 0 Å². The van der Waals surface area contributed by atoms with Crippen molar-refractivity contribution in [2.24, 2.45) is 0 Å². The summed E-state index contributed by atoms with van der Waals surface area (Å²) >= 11 is 3.23. The minimum atomic E-state index is -2.56. The van der Waals surface area contributed by atoms with E-state index in [9.17, 15) is 14.0 Å². The summed E-state index contributed by atoms with van der Waals surface area (Å²) in [5.41, 5.74) is -1.79. The van der Waals surface area contributed by atoms with Gasteiger partial charge in [-0.3, -0.25) is 4.79 Å². The first-order valence-electron chi connectivity index (χ1n) is 4.59. The topological polar surface area (TPSA) is 43.4 Å². The van der Waals surface area contributed by atoms with Crippen molar-refractivity contribution in [2.75, 3.05) is 7.11 Å². The average molecular weight is 287 g/mol. The molecule has 1 aromatic rings. The van der Waals surface area contributed by atoms with Crippen LogP contribution in [0.4, 0.5) is 4.39 Å². The molecule has 2 rings (SSSR count). The number of benzene rings is 1. The van der Waals surface area contributed by atoms with Gasteiger partial charge in [-0.15, -0.1) is 0 Å². The van der Waals surface area contributed by atoms with Crippen molar-refractivity contribution >= 4 is 27.7 Å². The van der Waals surface area contributed by atoms with Crippen LogP contribution in [-0.4, -0.2) is 24.5 Å². The fourth-order valence-electron chi connectivity index (χ4n) is 1.81. The Morgan fingerprint density at radius 3 is 2.88 bits per heavy atom. The van der Waals surface area contributed by atoms with E-state index in [2.05, 4.69) is 20.7 Å². The number of carbonyl (C=O) groups is 2. The molecule has 1 aliphatic rings. The van der Waals surface area contributed by atoms with Crippen LogP contribution in [0.3, 0.4) is 0 Å². The number of rotatable bonds is 1. The van der Waals surface area contributed by atoms with Gasteiger partial charge in [0, 0.05) is 16.5 Å². The van der Waals surface area contributed by atoms with Crippen molar-refractivity contribution in [1.82, 2.24) is 0 Å². The van der Waals surface area contributed by atoms with Gasteiger partial charge in [-0.25, -0.2) is 9.18 Å². The summed E-state index contributed by atoms with van der Waals surface area (Å²) in [6.07, 6.45) is -0.257. The summed E-state index contributed by atoms with van der Waals surface area (Å²) in [7, 11) is 1.07. The van der Waals surface area contributed by atoms with Crippen molar-refractivity contribution in [3.8, 4) is 0 Å². The molecule has 0 unspecified atom stereocenters. The van der Waals surface area contributed by atoms with Crippen LogP contribution in [0, 0.1) is 0 Å². The van der Waals surface area contributed by atoms with Gasteiger partial charge < -0.3 is 4.74 Å². The third-order valence-electron chi connectivity index (χ3n) is 2.61. The Bertz CT molecular complexity index is 486. The van der Waals surface area contributed by atoms with Gasteiger partial charge in [0.2, 0.25) is 5.78 Å². The van der Waals surface area contributed by atoms with Crippen molar-refractivity contribution in [1.29, 1.82) is 0 Å². The molecule has 0 bridgehead atoms. The van der Waals surface area contributed by atoms with Crippen LogP contribution in [0.1, 0.15) is 15.9 Å². The molecule has 0 saturated carbocycles. The monoisotopic (exact) mass is 286 g/mol. The number of carbonyl (C=O) groups excluding carboxylic acids is 2. The van der Waals surface area contributed by atoms with E-state index in [0.29, 0.717) is 5.56 Å². The average Bonchev–Trinajstić information content (AvgIpc) is 2.51. The van der Waals surface area contributed by atoms with Crippen molar-refractivity contribution in [3.63, 3.8) is 0 Å². The van der Waals surface area contributed by atoms with Crippen LogP contribution in [-0.2, 0) is 16.0 Å². The minimum absolute atomic E-state index is 0.246. The molecule has 0 N–H and O–H groups in total. The molecule has 1 aromatic carbocycles. The highest BCUT2D eigenvalue weighted by Crippen LogP contribution is 2.35. The second-order valence-electron chi connectivity index (χ2n) is 3.60. The van der Waals surface area contributed by atoms with Gasteiger partial charge >= 0.3 is 5.97 Å². The molecule has 0 radical (unpaired) electrons. The van der Waals surface area contributed by atoms with Crippen LogP contribution < -0.4 is 0 Å². The van der Waals surface area contributed by atoms with Crippen LogP contribution in [0.2, 0.25) is 0 Å². The highest BCUT2D eigenvalue weighted by atomic mass is 79.9. The molecule has 0 amide bonds. The van der Waals surface area contributed by atoms with Crippen LogP contribution in [0.15, 0.2) is 22.7 Å². The quantitative estimate of drug-likeness (QED) is 0.586. The number of ketones is 1. The molecule has 0 aromatic heterocycles. The number of halogens is 2. The second kappa shape index (κ2) is 3.66. The first kappa shape index (κ1) is 11.3. The lowest BCUT2D eigenvalue weighted by atomic mass is 10.0. The van der Waals surface area contributed by atoms with E-state index in [-0.39, 0.29) is 12.0 Å². The lowest BCUT2D eigenvalue weighted by molar-refractivity contribution is -0.150. The van der Waals surface area contributed by atoms with Gasteiger partial charge in [-0.05, 0) is 23.8 Å². The molecular weight excluding hydrogens is 279 g/mol. The number of esters is 1. The number of methoxy groups -OCH3 is 1. The highest BCUT2D eigenvalue weighted by Gasteiger charge is 2.53. The molecule has 0 saturated heterocycles. The standard InChI is InChI=1S/C11H8BrFO3/c1-16-10(15)11(13)5-6-4-7(12)2-3-8(6)9(11)14/h2-4H,5H2,1H3/t11-/m1/s1. The molecule has 1 atom stereocenters. The van der Waals surface area contributed by atoms with E-state index >= 15 is 0 Å². The van der Waals surface area contributed by atoms with E-state index in [0.717, 1.165) is 11.6 Å². The molecule has 5 heteroatoms. The number of alkyl halides is 1. The third-order valence-corrected chi connectivity index (χ3v) is 3.11. The molecule has 16 heavy (non-hydrogen) atoms. The van der Waals surface area contributed by atoms with Gasteiger partial charge in [-0.1, -0.05) is 15.9 Å². The number of hydrogen-bond acceptors (Lipinski definition) is 3. The molecule has 0 spiro atoms. The van der Waals surface area contributed by atoms with Crippen molar-refractivity contribution in [3.05, 3.63) is 33.8 Å². The van der Waals surface area contributed by atoms with Gasteiger partial charge in [-0.2, -0.15) is 0 Å². The lowest BCUT2D eigenvalue weighted by Gasteiger charge is -2.13. The first-order valence-corrected chi connectivity index (χ1v) is 5.39. The fourth-order valence-corrected chi connectivity index (χ4v) is 2.22. The van der Waals surface area contributed by atoms with Gasteiger partial charge in [0.1, 0.15) is 0 Å². The number of Topliss-reactive ketones (excluding diaryl/α,β-unsaturated/α-hetero) is 1. The molecular formula is C11H8BrFO3. The summed E-state index contributed by atoms with van der Waals surface area (Å²) in [4.78, 5) is 23.0. The minimum Gasteiger partial charge on any atom is -0.466 e. The van der Waals surface area contributed by atoms with E-state index in [4.69, 9.17) is 0 Å². The Balaban J connectivity index is 2.48. The third kappa shape index (κ3) is 1.46. The van der Waals surface area contributed by atoms with Crippen LogP contribution >= 0.6 is 15.9 Å². The van der Waals surface area contributed by atoms with E-state index < -0.39 is 17.4 Å². The smallest absolute Gasteiger partial charge is 0.352 e. The van der Waals surface area contributed by atoms with Gasteiger partial charge in [0.25, 0.3) is 5.67 Å². The second-order valence-corrected chi connectivity index (χ2v) is 4.52. The first-order chi connectivity index (χ1) is 7.49. The Morgan fingerprint density at radius 1 is 1.56 bits per heavy atom. The summed E-state index contributed by atoms with van der Waals surface area (Å²) in [5, 5.41) is 0. The lowest BCUT2D eigenvalue weighted by Crippen LogP contribution is -2.40. The fraction of sp³-hybridized carbons (Fsp3) is 0.273. The molecule has 0 aliphatic heterocycles. The summed E-state index contributed by atoms with van der Waals surface area (Å²) in [6, 6.07) is 4.78. The van der Waals surface area contributed by atoms with Crippen molar-refractivity contribution in [2.45, 2.75) is 12.1 Å². The van der Waals surface area contributed by atoms with Crippen LogP contribution in [0.25, 0.3) is 0 Å². The molecule has 1 aliphatic carbocycles. The van der Waals surface area contributed by atoms with Crippen molar-refractivity contribution < 1.29 is 18.7 Å². The molecule has 84 valence electrons. The summed E-state index contributed by atoms with van der Waals surface area (Å²) in [6.45, 7) is 0. The highest BCUT2D eigenvalue weighted by molar-refractivity contribution is 9.10. The number of hydrogen-bond donors (Lipinski definition) is 0. The number of fused-ring (bicyclic) bond motifs is 1.